The lowest BCUT2D eigenvalue weighted by molar-refractivity contribution is 0.216. The number of rotatable bonds is 4. The minimum atomic E-state index is -0.193. The highest BCUT2D eigenvalue weighted by atomic mass is 16.3. The van der Waals surface area contributed by atoms with Gasteiger partial charge in [0.05, 0.1) is 6.61 Å². The molecule has 100 valence electrons. The van der Waals surface area contributed by atoms with Crippen LogP contribution in [0.5, 0.6) is 0 Å². The van der Waals surface area contributed by atoms with Crippen LogP contribution in [0.15, 0.2) is 24.3 Å². The van der Waals surface area contributed by atoms with E-state index in [1.165, 1.54) is 36.8 Å². The van der Waals surface area contributed by atoms with E-state index in [1.807, 2.05) is 0 Å². The zero-order chi connectivity index (χ0) is 13.2. The highest BCUT2D eigenvalue weighted by molar-refractivity contribution is 5.40. The van der Waals surface area contributed by atoms with E-state index in [-0.39, 0.29) is 17.4 Å². The lowest BCUT2D eigenvalue weighted by atomic mass is 9.71. The third-order valence-electron chi connectivity index (χ3n) is 4.57. The second-order valence-electron chi connectivity index (χ2n) is 6.28. The first-order valence-electron chi connectivity index (χ1n) is 6.97. The normalized spacial score (nSPS) is 19.1. The number of benzene rings is 1. The van der Waals surface area contributed by atoms with E-state index in [0.717, 1.165) is 0 Å². The Labute approximate surface area is 110 Å². The van der Waals surface area contributed by atoms with Gasteiger partial charge in [0.2, 0.25) is 0 Å². The van der Waals surface area contributed by atoms with Crippen LogP contribution < -0.4 is 5.73 Å². The van der Waals surface area contributed by atoms with Crippen LogP contribution in [0.25, 0.3) is 0 Å². The largest absolute Gasteiger partial charge is 0.395 e. The van der Waals surface area contributed by atoms with Gasteiger partial charge in [0.1, 0.15) is 0 Å². The van der Waals surface area contributed by atoms with E-state index >= 15 is 0 Å². The van der Waals surface area contributed by atoms with Crippen LogP contribution in [-0.4, -0.2) is 18.3 Å². The fourth-order valence-electron chi connectivity index (χ4n) is 3.26. The molecule has 1 aromatic rings. The van der Waals surface area contributed by atoms with Gasteiger partial charge in [-0.1, -0.05) is 51.0 Å². The fourth-order valence-corrected chi connectivity index (χ4v) is 3.26. The number of hydrogen-bond acceptors (Lipinski definition) is 2. The quantitative estimate of drug-likeness (QED) is 0.859. The third-order valence-corrected chi connectivity index (χ3v) is 4.57. The summed E-state index contributed by atoms with van der Waals surface area (Å²) in [6.45, 7) is 5.09. The van der Waals surface area contributed by atoms with Crippen LogP contribution in [0, 0.1) is 0 Å². The van der Waals surface area contributed by atoms with Crippen molar-refractivity contribution in [2.45, 2.75) is 50.4 Å². The average molecular weight is 247 g/mol. The molecule has 0 unspecified atom stereocenters. The Morgan fingerprint density at radius 2 is 1.83 bits per heavy atom. The first kappa shape index (κ1) is 13.6. The molecule has 1 fully saturated rings. The van der Waals surface area contributed by atoms with Crippen LogP contribution in [0.2, 0.25) is 0 Å². The van der Waals surface area contributed by atoms with Crippen LogP contribution in [0.1, 0.15) is 50.7 Å². The number of aliphatic hydroxyl groups excluding tert-OH is 1. The fraction of sp³-hybridized carbons (Fsp3) is 0.625. The number of aliphatic hydroxyl groups is 1. The average Bonchev–Trinajstić information content (AvgIpc) is 2.89. The number of hydrogen-bond donors (Lipinski definition) is 2. The van der Waals surface area contributed by atoms with E-state index in [2.05, 4.69) is 38.1 Å². The molecular weight excluding hydrogens is 222 g/mol. The summed E-state index contributed by atoms with van der Waals surface area (Å²) in [5.41, 5.74) is 8.67. The topological polar surface area (TPSA) is 46.2 Å². The maximum Gasteiger partial charge on any atom is 0.0522 e. The van der Waals surface area contributed by atoms with E-state index in [1.54, 1.807) is 0 Å². The molecular formula is C16H25NO. The summed E-state index contributed by atoms with van der Waals surface area (Å²) in [7, 11) is 0. The summed E-state index contributed by atoms with van der Waals surface area (Å²) in [5, 5.41) is 9.64. The van der Waals surface area contributed by atoms with Crippen molar-refractivity contribution in [1.29, 1.82) is 0 Å². The molecule has 0 radical (unpaired) electrons. The second kappa shape index (κ2) is 5.02. The molecule has 0 aliphatic heterocycles. The van der Waals surface area contributed by atoms with Crippen molar-refractivity contribution in [2.24, 2.45) is 5.73 Å². The van der Waals surface area contributed by atoms with Crippen LogP contribution in [-0.2, 0) is 10.8 Å². The van der Waals surface area contributed by atoms with Crippen molar-refractivity contribution >= 4 is 0 Å². The van der Waals surface area contributed by atoms with Gasteiger partial charge in [-0.2, -0.15) is 0 Å². The molecule has 2 heteroatoms. The van der Waals surface area contributed by atoms with Crippen molar-refractivity contribution in [1.82, 2.24) is 0 Å². The van der Waals surface area contributed by atoms with Crippen LogP contribution >= 0.6 is 0 Å². The van der Waals surface area contributed by atoms with Gasteiger partial charge in [-0.05, 0) is 24.0 Å². The van der Waals surface area contributed by atoms with E-state index in [0.29, 0.717) is 6.54 Å². The van der Waals surface area contributed by atoms with Gasteiger partial charge in [-0.25, -0.2) is 0 Å². The minimum absolute atomic E-state index is 0.142. The Morgan fingerprint density at radius 3 is 2.39 bits per heavy atom. The lowest BCUT2D eigenvalue weighted by Crippen LogP contribution is -2.36. The van der Waals surface area contributed by atoms with Crippen molar-refractivity contribution in [3.05, 3.63) is 35.4 Å². The molecule has 0 amide bonds. The summed E-state index contributed by atoms with van der Waals surface area (Å²) < 4.78 is 0. The molecule has 1 aliphatic rings. The first-order valence-corrected chi connectivity index (χ1v) is 6.97. The summed E-state index contributed by atoms with van der Waals surface area (Å²) in [4.78, 5) is 0. The summed E-state index contributed by atoms with van der Waals surface area (Å²) >= 11 is 0. The summed E-state index contributed by atoms with van der Waals surface area (Å²) in [6.07, 6.45) is 4.90. The van der Waals surface area contributed by atoms with Crippen LogP contribution in [0.3, 0.4) is 0 Å². The van der Waals surface area contributed by atoms with Gasteiger partial charge < -0.3 is 10.8 Å². The summed E-state index contributed by atoms with van der Waals surface area (Å²) in [6, 6.07) is 8.53. The third kappa shape index (κ3) is 2.19. The summed E-state index contributed by atoms with van der Waals surface area (Å²) in [5.74, 6) is 0. The predicted molar refractivity (Wildman–Crippen MR) is 75.8 cm³/mol. The standard InChI is InChI=1S/C16H25NO/c1-15(2,12-18)13-7-3-4-8-14(13)16(11-17)9-5-6-10-16/h3-4,7-8,18H,5-6,9-12,17H2,1-2H3. The van der Waals surface area contributed by atoms with E-state index in [9.17, 15) is 5.11 Å². The highest BCUT2D eigenvalue weighted by Crippen LogP contribution is 2.44. The predicted octanol–water partition coefficient (Wildman–Crippen LogP) is 2.73. The Hall–Kier alpha value is -0.860. The van der Waals surface area contributed by atoms with Crippen molar-refractivity contribution in [3.63, 3.8) is 0 Å². The van der Waals surface area contributed by atoms with Gasteiger partial charge in [0.15, 0.2) is 0 Å². The molecule has 1 aliphatic carbocycles. The monoisotopic (exact) mass is 247 g/mol. The van der Waals surface area contributed by atoms with E-state index in [4.69, 9.17) is 5.73 Å². The molecule has 0 heterocycles. The van der Waals surface area contributed by atoms with Gasteiger partial charge in [-0.15, -0.1) is 0 Å². The maximum atomic E-state index is 9.64. The zero-order valence-electron chi connectivity index (χ0n) is 11.6. The van der Waals surface area contributed by atoms with Gasteiger partial charge in [-0.3, -0.25) is 0 Å². The van der Waals surface area contributed by atoms with Gasteiger partial charge in [0.25, 0.3) is 0 Å². The Kier molecular flexibility index (Phi) is 3.79. The smallest absolute Gasteiger partial charge is 0.0522 e. The molecule has 2 nitrogen and oxygen atoms in total. The van der Waals surface area contributed by atoms with E-state index < -0.39 is 0 Å². The first-order chi connectivity index (χ1) is 8.56. The van der Waals surface area contributed by atoms with Crippen molar-refractivity contribution in [3.8, 4) is 0 Å². The SMILES string of the molecule is CC(C)(CO)c1ccccc1C1(CN)CCCC1. The van der Waals surface area contributed by atoms with Gasteiger partial charge in [0, 0.05) is 17.4 Å². The van der Waals surface area contributed by atoms with Gasteiger partial charge >= 0.3 is 0 Å². The molecule has 0 aromatic heterocycles. The minimum Gasteiger partial charge on any atom is -0.395 e. The Morgan fingerprint density at radius 1 is 1.22 bits per heavy atom. The van der Waals surface area contributed by atoms with Crippen LogP contribution in [0.4, 0.5) is 0 Å². The lowest BCUT2D eigenvalue weighted by Gasteiger charge is -2.35. The van der Waals surface area contributed by atoms with Crippen molar-refractivity contribution in [2.75, 3.05) is 13.2 Å². The maximum absolute atomic E-state index is 9.64. The molecule has 0 atom stereocenters. The molecule has 18 heavy (non-hydrogen) atoms. The molecule has 0 bridgehead atoms. The Bertz CT molecular complexity index is 405. The molecule has 1 saturated carbocycles. The molecule has 0 spiro atoms. The highest BCUT2D eigenvalue weighted by Gasteiger charge is 2.38. The molecule has 3 N–H and O–H groups in total. The van der Waals surface area contributed by atoms with Crippen molar-refractivity contribution < 1.29 is 5.11 Å². The zero-order valence-corrected chi connectivity index (χ0v) is 11.6. The second-order valence-corrected chi connectivity index (χ2v) is 6.28. The molecule has 0 saturated heterocycles. The Balaban J connectivity index is 2.51. The molecule has 1 aromatic carbocycles. The number of nitrogens with two attached hydrogens (primary N) is 1. The molecule has 2 rings (SSSR count).